The van der Waals surface area contributed by atoms with Gasteiger partial charge in [-0.3, -0.25) is 0 Å². The van der Waals surface area contributed by atoms with Crippen LogP contribution >= 0.6 is 0 Å². The Morgan fingerprint density at radius 2 is 1.55 bits per heavy atom. The first kappa shape index (κ1) is 16.9. The number of hydrogen-bond donors (Lipinski definition) is 1. The third kappa shape index (κ3) is 6.01. The van der Waals surface area contributed by atoms with Crippen molar-refractivity contribution < 1.29 is 40.9 Å². The summed E-state index contributed by atoms with van der Waals surface area (Å²) in [5.41, 5.74) is 0. The first-order valence-corrected chi connectivity index (χ1v) is 2.51. The van der Waals surface area contributed by atoms with Crippen LogP contribution in [0.2, 0.25) is 0 Å². The molecular weight excluding hydrogens is 333 g/mol. The average Bonchev–Trinajstić information content (AvgIpc) is 1.64. The van der Waals surface area contributed by atoms with E-state index in [0.29, 0.717) is 0 Å². The van der Waals surface area contributed by atoms with Gasteiger partial charge in [0.25, 0.3) is 0 Å². The minimum atomic E-state index is -1.59. The number of carbonyl (C=O) groups excluding carboxylic acids is 2. The predicted molar refractivity (Wildman–Crippen MR) is 28.8 cm³/mol. The molecule has 0 fully saturated rings. The summed E-state index contributed by atoms with van der Waals surface area (Å²) < 4.78 is 0. The Bertz CT molecular complexity index is 124. The fourth-order valence-electron chi connectivity index (χ4n) is 0.430. The molecule has 0 heterocycles. The van der Waals surface area contributed by atoms with Crippen molar-refractivity contribution in [3.8, 4) is 0 Å². The van der Waals surface area contributed by atoms with Crippen LogP contribution in [-0.2, 0) is 30.7 Å². The molecule has 6 heteroatoms. The van der Waals surface area contributed by atoms with Gasteiger partial charge in [0.15, 0.2) is 0 Å². The topological polar surface area (TPSA) is 115 Å². The van der Waals surface area contributed by atoms with Gasteiger partial charge in [-0.05, 0) is 6.42 Å². The third-order valence-electron chi connectivity index (χ3n) is 0.977. The van der Waals surface area contributed by atoms with E-state index in [2.05, 4.69) is 0 Å². The van der Waals surface area contributed by atoms with Crippen LogP contribution in [0.4, 0.5) is 0 Å². The number of carboxylic acid groups (broad SMARTS) is 2. The van der Waals surface area contributed by atoms with E-state index in [1.54, 1.807) is 0 Å². The molecule has 0 aromatic rings. The fourth-order valence-corrected chi connectivity index (χ4v) is 0.430. The van der Waals surface area contributed by atoms with Crippen molar-refractivity contribution in [2.24, 2.45) is 5.92 Å². The Hall–Kier alpha value is -0.412. The van der Waals surface area contributed by atoms with Crippen LogP contribution < -0.4 is 16.4 Å². The van der Waals surface area contributed by atoms with Crippen molar-refractivity contribution in [3.63, 3.8) is 0 Å². The molecule has 11 heavy (non-hydrogen) atoms. The summed E-state index contributed by atoms with van der Waals surface area (Å²) in [6.45, 7) is 1.44. The quantitative estimate of drug-likeness (QED) is 0.578. The summed E-state index contributed by atoms with van der Waals surface area (Å²) in [5, 5.41) is 19.7. The second-order valence-corrected chi connectivity index (χ2v) is 1.60. The summed E-state index contributed by atoms with van der Waals surface area (Å²) >= 11 is 0. The van der Waals surface area contributed by atoms with E-state index in [1.807, 2.05) is 0 Å². The summed E-state index contributed by atoms with van der Waals surface area (Å²) in [4.78, 5) is 19.7. The van der Waals surface area contributed by atoms with Gasteiger partial charge in [-0.15, -0.1) is 0 Å². The molecule has 3 N–H and O–H groups in total. The van der Waals surface area contributed by atoms with Crippen molar-refractivity contribution in [1.82, 2.24) is 6.15 Å². The molecule has 0 aromatic carbocycles. The molecule has 0 saturated carbocycles. The molecule has 0 aromatic heterocycles. The Morgan fingerprint density at radius 1 is 1.27 bits per heavy atom. The van der Waals surface area contributed by atoms with E-state index in [9.17, 15) is 19.8 Å². The second kappa shape index (κ2) is 7.69. The molecule has 0 atom stereocenters. The van der Waals surface area contributed by atoms with Crippen molar-refractivity contribution in [3.05, 3.63) is 0 Å². The maximum Gasteiger partial charge on any atom is 2.00 e. The second-order valence-electron chi connectivity index (χ2n) is 1.60. The van der Waals surface area contributed by atoms with Crippen LogP contribution in [0.5, 0.6) is 0 Å². The van der Waals surface area contributed by atoms with E-state index in [4.69, 9.17) is 0 Å². The van der Waals surface area contributed by atoms with Crippen LogP contribution in [0.25, 0.3) is 0 Å². The Labute approximate surface area is 78.6 Å². The van der Waals surface area contributed by atoms with Gasteiger partial charge in [0.1, 0.15) is 0 Å². The zero-order chi connectivity index (χ0) is 7.44. The summed E-state index contributed by atoms with van der Waals surface area (Å²) in [7, 11) is 0. The number of carbonyl (C=O) groups is 2. The molecule has 0 aliphatic heterocycles. The maximum atomic E-state index is 9.84. The van der Waals surface area contributed by atoms with E-state index >= 15 is 0 Å². The molecule has 0 unspecified atom stereocenters. The summed E-state index contributed by atoms with van der Waals surface area (Å²) in [5.74, 6) is -4.64. The minimum Gasteiger partial charge on any atom is -0.549 e. The van der Waals surface area contributed by atoms with Gasteiger partial charge in [0.2, 0.25) is 0 Å². The molecule has 0 amide bonds. The van der Waals surface area contributed by atoms with Gasteiger partial charge >= 0.3 is 21.1 Å². The largest absolute Gasteiger partial charge is 2.00 e. The monoisotopic (exact) mass is 342 g/mol. The molecular formula is C5H9NO4Pt. The average molecular weight is 342 g/mol. The molecule has 0 rings (SSSR count). The van der Waals surface area contributed by atoms with Gasteiger partial charge in [-0.1, -0.05) is 6.92 Å². The summed E-state index contributed by atoms with van der Waals surface area (Å²) in [6, 6.07) is 0. The number of hydrogen-bond acceptors (Lipinski definition) is 5. The van der Waals surface area contributed by atoms with E-state index in [0.717, 1.165) is 0 Å². The van der Waals surface area contributed by atoms with Gasteiger partial charge in [-0.2, -0.15) is 0 Å². The molecule has 0 saturated heterocycles. The fraction of sp³-hybridized carbons (Fsp3) is 0.600. The van der Waals surface area contributed by atoms with E-state index in [-0.39, 0.29) is 33.6 Å². The van der Waals surface area contributed by atoms with Crippen molar-refractivity contribution in [2.45, 2.75) is 13.3 Å². The number of rotatable bonds is 3. The molecule has 5 nitrogen and oxygen atoms in total. The van der Waals surface area contributed by atoms with Crippen molar-refractivity contribution >= 4 is 11.9 Å². The molecule has 0 aliphatic rings. The molecule has 0 spiro atoms. The van der Waals surface area contributed by atoms with Crippen LogP contribution in [0.1, 0.15) is 13.3 Å². The zero-order valence-corrected chi connectivity index (χ0v) is 8.21. The van der Waals surface area contributed by atoms with Gasteiger partial charge in [0.05, 0.1) is 11.9 Å². The van der Waals surface area contributed by atoms with E-state index < -0.39 is 17.9 Å². The van der Waals surface area contributed by atoms with Gasteiger partial charge < -0.3 is 26.0 Å². The Kier molecular flexibility index (Phi) is 11.8. The molecule has 0 aliphatic carbocycles. The zero-order valence-electron chi connectivity index (χ0n) is 5.94. The Morgan fingerprint density at radius 3 is 1.55 bits per heavy atom. The first-order chi connectivity index (χ1) is 4.09. The molecule has 0 radical (unpaired) electrons. The van der Waals surface area contributed by atoms with Crippen LogP contribution in [-0.4, -0.2) is 11.9 Å². The first-order valence-electron chi connectivity index (χ1n) is 2.51. The smallest absolute Gasteiger partial charge is 0.549 e. The summed E-state index contributed by atoms with van der Waals surface area (Å²) in [6.07, 6.45) is 0.00463. The standard InChI is InChI=1S/C5H8O4.H3N.Pt/c1-2-3(4(6)7)5(8)9;;/h3H,2H2,1H3,(H,6,7)(H,8,9);1H3;/q;;+2/p-2. The van der Waals surface area contributed by atoms with Crippen LogP contribution in [0, 0.1) is 5.92 Å². The van der Waals surface area contributed by atoms with E-state index in [1.165, 1.54) is 6.92 Å². The molecule has 0 bridgehead atoms. The molecule has 68 valence electrons. The number of carboxylic acids is 2. The van der Waals surface area contributed by atoms with Gasteiger partial charge in [0, 0.05) is 5.92 Å². The predicted octanol–water partition coefficient (Wildman–Crippen LogP) is -2.33. The van der Waals surface area contributed by atoms with Crippen LogP contribution in [0.15, 0.2) is 0 Å². The SMILES string of the molecule is CCC(C(=O)[O-])C(=O)[O-].N.[Pt+2]. The van der Waals surface area contributed by atoms with Crippen molar-refractivity contribution in [1.29, 1.82) is 0 Å². The van der Waals surface area contributed by atoms with Gasteiger partial charge in [-0.25, -0.2) is 0 Å². The van der Waals surface area contributed by atoms with Crippen LogP contribution in [0.3, 0.4) is 0 Å². The number of aliphatic carboxylic acids is 2. The Balaban J connectivity index is -0.000000320. The normalized spacial score (nSPS) is 7.82. The van der Waals surface area contributed by atoms with Crippen molar-refractivity contribution in [2.75, 3.05) is 0 Å². The minimum absolute atomic E-state index is 0. The maximum absolute atomic E-state index is 9.84. The third-order valence-corrected chi connectivity index (χ3v) is 0.977.